The Morgan fingerprint density at radius 3 is 2.61 bits per heavy atom. The quantitative estimate of drug-likeness (QED) is 0.886. The van der Waals surface area contributed by atoms with Crippen molar-refractivity contribution in [3.05, 3.63) is 57.8 Å². The van der Waals surface area contributed by atoms with Gasteiger partial charge < -0.3 is 10.1 Å². The number of nitriles is 1. The number of carbonyl (C=O) groups excluding carboxylic acids is 1. The summed E-state index contributed by atoms with van der Waals surface area (Å²) in [5.41, 5.74) is 0.664. The van der Waals surface area contributed by atoms with E-state index in [0.29, 0.717) is 5.56 Å². The van der Waals surface area contributed by atoms with Crippen LogP contribution in [0.25, 0.3) is 0 Å². The smallest absolute Gasteiger partial charge is 0.265 e. The molecule has 0 unspecified atom stereocenters. The van der Waals surface area contributed by atoms with Gasteiger partial charge in [0.15, 0.2) is 6.10 Å². The summed E-state index contributed by atoms with van der Waals surface area (Å²) in [6, 6.07) is 10.1. The molecule has 2 aromatic carbocycles. The van der Waals surface area contributed by atoms with Crippen LogP contribution < -0.4 is 10.1 Å². The van der Waals surface area contributed by atoms with Crippen molar-refractivity contribution in [2.45, 2.75) is 13.0 Å². The van der Waals surface area contributed by atoms with Gasteiger partial charge in [0.1, 0.15) is 11.6 Å². The number of benzene rings is 2. The Hall–Kier alpha value is -2.29. The highest BCUT2D eigenvalue weighted by atomic mass is 35.5. The lowest BCUT2D eigenvalue weighted by Gasteiger charge is -2.16. The number of hydrogen-bond donors (Lipinski definition) is 1. The van der Waals surface area contributed by atoms with Crippen LogP contribution in [0.4, 0.5) is 10.1 Å². The summed E-state index contributed by atoms with van der Waals surface area (Å²) in [5.74, 6) is -0.695. The van der Waals surface area contributed by atoms with Crippen LogP contribution in [0.5, 0.6) is 5.75 Å². The Bertz CT molecular complexity index is 790. The van der Waals surface area contributed by atoms with Crippen LogP contribution in [-0.4, -0.2) is 12.0 Å². The van der Waals surface area contributed by atoms with E-state index in [0.717, 1.165) is 6.07 Å². The molecule has 23 heavy (non-hydrogen) atoms. The van der Waals surface area contributed by atoms with Gasteiger partial charge in [-0.3, -0.25) is 4.79 Å². The second-order valence-corrected chi connectivity index (χ2v) is 5.44. The zero-order chi connectivity index (χ0) is 17.0. The molecule has 2 rings (SSSR count). The molecule has 1 atom stereocenters. The molecular weight excluding hydrogens is 342 g/mol. The lowest BCUT2D eigenvalue weighted by molar-refractivity contribution is -0.122. The molecule has 0 aliphatic rings. The molecule has 118 valence electrons. The van der Waals surface area contributed by atoms with Gasteiger partial charge >= 0.3 is 0 Å². The van der Waals surface area contributed by atoms with Crippen LogP contribution in [0.15, 0.2) is 36.4 Å². The van der Waals surface area contributed by atoms with Gasteiger partial charge in [-0.1, -0.05) is 23.2 Å². The van der Waals surface area contributed by atoms with Gasteiger partial charge in [0, 0.05) is 0 Å². The van der Waals surface area contributed by atoms with Crippen molar-refractivity contribution in [3.63, 3.8) is 0 Å². The Morgan fingerprint density at radius 1 is 1.26 bits per heavy atom. The summed E-state index contributed by atoms with van der Waals surface area (Å²) in [7, 11) is 0. The topological polar surface area (TPSA) is 62.1 Å². The minimum Gasteiger partial charge on any atom is -0.479 e. The number of nitrogens with zero attached hydrogens (tertiary/aromatic N) is 1. The minimum absolute atomic E-state index is 0.0851. The van der Waals surface area contributed by atoms with Crippen LogP contribution in [0, 0.1) is 17.1 Å². The maximum atomic E-state index is 13.0. The van der Waals surface area contributed by atoms with Crippen LogP contribution in [0.2, 0.25) is 10.0 Å². The van der Waals surface area contributed by atoms with Crippen molar-refractivity contribution in [2.24, 2.45) is 0 Å². The summed E-state index contributed by atoms with van der Waals surface area (Å²) >= 11 is 11.8. The minimum atomic E-state index is -0.874. The van der Waals surface area contributed by atoms with Crippen LogP contribution in [0.3, 0.4) is 0 Å². The standard InChI is InChI=1S/C16H11Cl2FN2O2/c1-9(23-15-5-2-10(8-20)6-13(15)18)16(22)21-14-4-3-11(19)7-12(14)17/h2-7,9H,1H3,(H,21,22)/t9-/m0/s1. The number of amides is 1. The Labute approximate surface area is 142 Å². The zero-order valence-electron chi connectivity index (χ0n) is 11.9. The molecule has 2 aromatic rings. The largest absolute Gasteiger partial charge is 0.479 e. The maximum Gasteiger partial charge on any atom is 0.265 e. The molecule has 7 heteroatoms. The van der Waals surface area contributed by atoms with E-state index < -0.39 is 17.8 Å². The van der Waals surface area contributed by atoms with Gasteiger partial charge in [-0.15, -0.1) is 0 Å². The number of ether oxygens (including phenoxy) is 1. The molecule has 0 aliphatic heterocycles. The van der Waals surface area contributed by atoms with Gasteiger partial charge in [-0.05, 0) is 43.3 Å². The van der Waals surface area contributed by atoms with E-state index in [1.54, 1.807) is 0 Å². The maximum absolute atomic E-state index is 13.0. The molecule has 0 aliphatic carbocycles. The SMILES string of the molecule is C[C@H](Oc1ccc(C#N)cc1Cl)C(=O)Nc1ccc(F)cc1Cl. The average molecular weight is 353 g/mol. The molecule has 0 spiro atoms. The van der Waals surface area contributed by atoms with Crippen molar-refractivity contribution in [2.75, 3.05) is 5.32 Å². The first-order chi connectivity index (χ1) is 10.9. The average Bonchev–Trinajstić information content (AvgIpc) is 2.51. The van der Waals surface area contributed by atoms with Gasteiger partial charge in [0.2, 0.25) is 0 Å². The van der Waals surface area contributed by atoms with E-state index in [4.69, 9.17) is 33.2 Å². The van der Waals surface area contributed by atoms with Crippen molar-refractivity contribution in [3.8, 4) is 11.8 Å². The normalized spacial score (nSPS) is 11.4. The second kappa shape index (κ2) is 7.32. The number of anilines is 1. The zero-order valence-corrected chi connectivity index (χ0v) is 13.5. The molecular formula is C16H11Cl2FN2O2. The van der Waals surface area contributed by atoms with Gasteiger partial charge in [0.25, 0.3) is 5.91 Å². The summed E-state index contributed by atoms with van der Waals surface area (Å²) in [6.45, 7) is 1.53. The van der Waals surface area contributed by atoms with Crippen molar-refractivity contribution in [1.29, 1.82) is 5.26 Å². The first-order valence-corrected chi connectivity index (χ1v) is 7.28. The fourth-order valence-corrected chi connectivity index (χ4v) is 2.17. The highest BCUT2D eigenvalue weighted by molar-refractivity contribution is 6.33. The molecule has 0 saturated heterocycles. The lowest BCUT2D eigenvalue weighted by atomic mass is 10.2. The number of hydrogen-bond acceptors (Lipinski definition) is 3. The summed E-state index contributed by atoms with van der Waals surface area (Å²) < 4.78 is 18.4. The lowest BCUT2D eigenvalue weighted by Crippen LogP contribution is -2.30. The molecule has 1 N–H and O–H groups in total. The first-order valence-electron chi connectivity index (χ1n) is 6.53. The summed E-state index contributed by atoms with van der Waals surface area (Å²) in [5, 5.41) is 11.6. The first kappa shape index (κ1) is 17.1. The molecule has 0 aromatic heterocycles. The Balaban J connectivity index is 2.07. The number of rotatable bonds is 4. The number of nitrogens with one attached hydrogen (secondary N) is 1. The Kier molecular flexibility index (Phi) is 5.43. The van der Waals surface area contributed by atoms with E-state index >= 15 is 0 Å². The predicted octanol–water partition coefficient (Wildman–Crippen LogP) is 4.41. The third kappa shape index (κ3) is 4.35. The van der Waals surface area contributed by atoms with Crippen molar-refractivity contribution in [1.82, 2.24) is 0 Å². The van der Waals surface area contributed by atoms with E-state index in [1.165, 1.54) is 37.3 Å². The van der Waals surface area contributed by atoms with E-state index in [9.17, 15) is 9.18 Å². The number of halogens is 3. The fraction of sp³-hybridized carbons (Fsp3) is 0.125. The van der Waals surface area contributed by atoms with Gasteiger partial charge in [-0.25, -0.2) is 4.39 Å². The highest BCUT2D eigenvalue weighted by Crippen LogP contribution is 2.27. The van der Waals surface area contributed by atoms with E-state index in [2.05, 4.69) is 5.32 Å². The van der Waals surface area contributed by atoms with Crippen LogP contribution in [0.1, 0.15) is 12.5 Å². The predicted molar refractivity (Wildman–Crippen MR) is 86.3 cm³/mol. The summed E-state index contributed by atoms with van der Waals surface area (Å²) in [6.07, 6.45) is -0.874. The molecule has 0 fully saturated rings. The second-order valence-electron chi connectivity index (χ2n) is 4.63. The van der Waals surface area contributed by atoms with Gasteiger partial charge in [-0.2, -0.15) is 5.26 Å². The molecule has 1 amide bonds. The van der Waals surface area contributed by atoms with E-state index in [-0.39, 0.29) is 21.5 Å². The monoisotopic (exact) mass is 352 g/mol. The number of carbonyl (C=O) groups is 1. The van der Waals surface area contributed by atoms with Crippen molar-refractivity contribution < 1.29 is 13.9 Å². The molecule has 0 bridgehead atoms. The third-order valence-corrected chi connectivity index (χ3v) is 3.53. The van der Waals surface area contributed by atoms with Crippen LogP contribution >= 0.6 is 23.2 Å². The Morgan fingerprint density at radius 2 is 2.00 bits per heavy atom. The van der Waals surface area contributed by atoms with E-state index in [1.807, 2.05) is 6.07 Å². The third-order valence-electron chi connectivity index (χ3n) is 2.92. The van der Waals surface area contributed by atoms with Gasteiger partial charge in [0.05, 0.1) is 27.4 Å². The highest BCUT2D eigenvalue weighted by Gasteiger charge is 2.17. The summed E-state index contributed by atoms with van der Waals surface area (Å²) in [4.78, 5) is 12.1. The molecule has 0 heterocycles. The van der Waals surface area contributed by atoms with Crippen LogP contribution in [-0.2, 0) is 4.79 Å². The molecule has 4 nitrogen and oxygen atoms in total. The van der Waals surface area contributed by atoms with Crippen molar-refractivity contribution >= 4 is 34.8 Å². The molecule has 0 saturated carbocycles. The fourth-order valence-electron chi connectivity index (χ4n) is 1.74. The molecule has 0 radical (unpaired) electrons.